The summed E-state index contributed by atoms with van der Waals surface area (Å²) in [6, 6.07) is 4.14. The van der Waals surface area contributed by atoms with E-state index in [-0.39, 0.29) is 17.9 Å². The summed E-state index contributed by atoms with van der Waals surface area (Å²) in [5.74, 6) is -0.198. The molecule has 2 unspecified atom stereocenters. The van der Waals surface area contributed by atoms with Gasteiger partial charge in [-0.2, -0.15) is 0 Å². The van der Waals surface area contributed by atoms with Crippen LogP contribution >= 0.6 is 0 Å². The molecule has 0 saturated carbocycles. The van der Waals surface area contributed by atoms with Crippen molar-refractivity contribution in [3.8, 4) is 11.5 Å². The molecule has 2 atom stereocenters. The van der Waals surface area contributed by atoms with Gasteiger partial charge in [0, 0.05) is 17.1 Å². The second kappa shape index (κ2) is 4.12. The number of ketones is 1. The smallest absolute Gasteiger partial charge is 0.191 e. The van der Waals surface area contributed by atoms with E-state index in [2.05, 4.69) is 0 Å². The van der Waals surface area contributed by atoms with Crippen LogP contribution in [0.2, 0.25) is 0 Å². The number of rotatable bonds is 2. The van der Waals surface area contributed by atoms with Gasteiger partial charge in [-0.05, 0) is 18.2 Å². The second-order valence-corrected chi connectivity index (χ2v) is 5.59. The van der Waals surface area contributed by atoms with Crippen LogP contribution in [0.4, 0.5) is 0 Å². The highest BCUT2D eigenvalue weighted by atomic mass is 32.2. The predicted octanol–water partition coefficient (Wildman–Crippen LogP) is 0.0769. The molecule has 0 bridgehead atoms. The predicted molar refractivity (Wildman–Crippen MR) is 61.8 cm³/mol. The Bertz CT molecular complexity index is 499. The topological polar surface area (TPSA) is 83.8 Å². The third-order valence-corrected chi connectivity index (χ3v) is 4.42. The molecule has 1 heterocycles. The van der Waals surface area contributed by atoms with E-state index in [1.54, 1.807) is 0 Å². The Labute approximate surface area is 100 Å². The first-order valence-electron chi connectivity index (χ1n) is 4.96. The highest BCUT2D eigenvalue weighted by molar-refractivity contribution is 7.86. The number of phenolic OH excluding ortho intramolecular Hbond substituents is 1. The van der Waals surface area contributed by atoms with Gasteiger partial charge in [-0.3, -0.25) is 9.00 Å². The van der Waals surface area contributed by atoms with E-state index in [9.17, 15) is 19.2 Å². The van der Waals surface area contributed by atoms with Crippen LogP contribution < -0.4 is 4.74 Å². The van der Waals surface area contributed by atoms with E-state index in [4.69, 9.17) is 4.74 Å². The van der Waals surface area contributed by atoms with E-state index in [1.165, 1.54) is 24.5 Å². The van der Waals surface area contributed by atoms with Crippen LogP contribution in [0.15, 0.2) is 18.2 Å². The number of fused-ring (bicyclic) bond motifs is 1. The molecule has 0 amide bonds. The minimum atomic E-state index is -1.56. The Balaban J connectivity index is 2.55. The Morgan fingerprint density at radius 1 is 1.53 bits per heavy atom. The molecule has 1 aliphatic heterocycles. The Morgan fingerprint density at radius 3 is 2.82 bits per heavy atom. The van der Waals surface area contributed by atoms with Gasteiger partial charge in [0.05, 0.1) is 12.2 Å². The summed E-state index contributed by atoms with van der Waals surface area (Å²) in [5, 5.41) is 18.7. The highest BCUT2D eigenvalue weighted by Gasteiger charge is 2.47. The molecular formula is C11H12O5S. The highest BCUT2D eigenvalue weighted by Crippen LogP contribution is 2.34. The molecule has 0 saturated heterocycles. The zero-order valence-corrected chi connectivity index (χ0v) is 9.99. The number of phenols is 1. The summed E-state index contributed by atoms with van der Waals surface area (Å²) in [6.45, 7) is -0.673. The van der Waals surface area contributed by atoms with Gasteiger partial charge in [-0.15, -0.1) is 0 Å². The van der Waals surface area contributed by atoms with E-state index in [0.29, 0.717) is 5.75 Å². The number of ether oxygens (including phenoxy) is 1. The van der Waals surface area contributed by atoms with Gasteiger partial charge in [0.25, 0.3) is 0 Å². The normalized spacial score (nSPS) is 24.9. The number of carbonyl (C=O) groups is 1. The van der Waals surface area contributed by atoms with Crippen molar-refractivity contribution in [2.75, 3.05) is 19.5 Å². The van der Waals surface area contributed by atoms with Crippen LogP contribution in [0.3, 0.4) is 0 Å². The monoisotopic (exact) mass is 256 g/mol. The summed E-state index contributed by atoms with van der Waals surface area (Å²) in [6.07, 6.45) is 1.35. The van der Waals surface area contributed by atoms with Gasteiger partial charge >= 0.3 is 0 Å². The van der Waals surface area contributed by atoms with Gasteiger partial charge in [0.15, 0.2) is 10.5 Å². The maximum Gasteiger partial charge on any atom is 0.191 e. The van der Waals surface area contributed by atoms with Crippen molar-refractivity contribution in [1.82, 2.24) is 0 Å². The molecule has 6 heteroatoms. The summed E-state index contributed by atoms with van der Waals surface area (Å²) in [5.41, 5.74) is 0.153. The first kappa shape index (κ1) is 12.1. The molecule has 2 N–H and O–H groups in total. The molecule has 0 spiro atoms. The molecule has 5 nitrogen and oxygen atoms in total. The van der Waals surface area contributed by atoms with Crippen LogP contribution in [-0.2, 0) is 10.8 Å². The van der Waals surface area contributed by atoms with Gasteiger partial charge in [-0.25, -0.2) is 0 Å². The van der Waals surface area contributed by atoms with Crippen molar-refractivity contribution >= 4 is 16.6 Å². The molecule has 92 valence electrons. The summed E-state index contributed by atoms with van der Waals surface area (Å²) in [7, 11) is -1.56. The van der Waals surface area contributed by atoms with Crippen LogP contribution in [0.1, 0.15) is 10.4 Å². The Kier molecular flexibility index (Phi) is 2.92. The Morgan fingerprint density at radius 2 is 2.24 bits per heavy atom. The van der Waals surface area contributed by atoms with Crippen molar-refractivity contribution in [3.05, 3.63) is 23.8 Å². The lowest BCUT2D eigenvalue weighted by Gasteiger charge is -2.32. The third-order valence-electron chi connectivity index (χ3n) is 2.89. The van der Waals surface area contributed by atoms with Gasteiger partial charge in [-0.1, -0.05) is 0 Å². The van der Waals surface area contributed by atoms with Gasteiger partial charge in [0.1, 0.15) is 18.1 Å². The van der Waals surface area contributed by atoms with Crippen molar-refractivity contribution in [3.63, 3.8) is 0 Å². The molecule has 0 aliphatic carbocycles. The van der Waals surface area contributed by atoms with Gasteiger partial charge < -0.3 is 14.9 Å². The molecule has 0 aromatic heterocycles. The number of aliphatic hydroxyl groups excluding tert-OH is 1. The lowest BCUT2D eigenvalue weighted by molar-refractivity contribution is 0.0790. The Hall–Kier alpha value is -1.40. The average molecular weight is 256 g/mol. The third kappa shape index (κ3) is 1.73. The number of carbonyl (C=O) groups excluding carboxylic acids is 1. The second-order valence-electron chi connectivity index (χ2n) is 3.90. The molecule has 1 aliphatic rings. The van der Waals surface area contributed by atoms with E-state index < -0.39 is 27.9 Å². The van der Waals surface area contributed by atoms with Gasteiger partial charge in [0.2, 0.25) is 0 Å². The number of hydrogen-bond acceptors (Lipinski definition) is 5. The molecule has 2 rings (SSSR count). The molecule has 0 radical (unpaired) electrons. The number of Topliss-reactive ketones (excluding diaryl/α,β-unsaturated/α-hetero) is 1. The van der Waals surface area contributed by atoms with E-state index in [0.717, 1.165) is 0 Å². The fourth-order valence-corrected chi connectivity index (χ4v) is 2.53. The first-order valence-corrected chi connectivity index (χ1v) is 6.52. The molecule has 1 aromatic carbocycles. The molecular weight excluding hydrogens is 244 g/mol. The first-order chi connectivity index (χ1) is 8.01. The van der Waals surface area contributed by atoms with Crippen molar-refractivity contribution < 1.29 is 24.0 Å². The molecule has 0 fully saturated rings. The average Bonchev–Trinajstić information content (AvgIpc) is 2.30. The molecule has 17 heavy (non-hydrogen) atoms. The SMILES string of the molecule is CS(=O)C1(CO)COc2ccc(O)cc2C1=O. The summed E-state index contributed by atoms with van der Waals surface area (Å²) in [4.78, 5) is 12.2. The maximum absolute atomic E-state index is 12.2. The summed E-state index contributed by atoms with van der Waals surface area (Å²) >= 11 is 0. The fraction of sp³-hybridized carbons (Fsp3) is 0.364. The lowest BCUT2D eigenvalue weighted by atomic mass is 9.94. The largest absolute Gasteiger partial charge is 0.508 e. The zero-order valence-electron chi connectivity index (χ0n) is 9.17. The van der Waals surface area contributed by atoms with Crippen LogP contribution in [-0.4, -0.2) is 44.4 Å². The van der Waals surface area contributed by atoms with Crippen molar-refractivity contribution in [2.24, 2.45) is 0 Å². The number of benzene rings is 1. The fourth-order valence-electron chi connectivity index (χ4n) is 1.75. The van der Waals surface area contributed by atoms with E-state index >= 15 is 0 Å². The van der Waals surface area contributed by atoms with Crippen molar-refractivity contribution in [2.45, 2.75) is 4.75 Å². The summed E-state index contributed by atoms with van der Waals surface area (Å²) < 4.78 is 15.5. The number of hydrogen-bond donors (Lipinski definition) is 2. The lowest BCUT2D eigenvalue weighted by Crippen LogP contribution is -2.53. The van der Waals surface area contributed by atoms with Crippen LogP contribution in [0.25, 0.3) is 0 Å². The number of aliphatic hydroxyl groups is 1. The quantitative estimate of drug-likeness (QED) is 0.782. The van der Waals surface area contributed by atoms with Crippen molar-refractivity contribution in [1.29, 1.82) is 0 Å². The standard InChI is InChI=1S/C11H12O5S/c1-17(15)11(5-12)6-16-9-3-2-7(13)4-8(9)10(11)14/h2-4,12-13H,5-6H2,1H3. The van der Waals surface area contributed by atoms with E-state index in [1.807, 2.05) is 0 Å². The number of aromatic hydroxyl groups is 1. The zero-order chi connectivity index (χ0) is 12.6. The molecule has 1 aromatic rings. The maximum atomic E-state index is 12.2. The van der Waals surface area contributed by atoms with Crippen LogP contribution in [0.5, 0.6) is 11.5 Å². The minimum Gasteiger partial charge on any atom is -0.508 e. The van der Waals surface area contributed by atoms with Crippen LogP contribution in [0, 0.1) is 0 Å². The minimum absolute atomic E-state index is 0.0728.